The highest BCUT2D eigenvalue weighted by Crippen LogP contribution is 2.24. The lowest BCUT2D eigenvalue weighted by atomic mass is 9.90. The largest absolute Gasteiger partial charge is 0.462 e. The van der Waals surface area contributed by atoms with E-state index in [1.165, 1.54) is 32.1 Å². The van der Waals surface area contributed by atoms with E-state index in [2.05, 4.69) is 26.1 Å². The fourth-order valence-electron chi connectivity index (χ4n) is 2.63. The molecule has 1 fully saturated rings. The van der Waals surface area contributed by atoms with E-state index >= 15 is 0 Å². The van der Waals surface area contributed by atoms with Crippen molar-refractivity contribution >= 4 is 0 Å². The SMILES string of the molecule is CC(C)(C)NCc1ccc(COCC2CCCCC2)o1. The van der Waals surface area contributed by atoms with Crippen molar-refractivity contribution in [2.75, 3.05) is 6.61 Å². The summed E-state index contributed by atoms with van der Waals surface area (Å²) < 4.78 is 11.6. The molecule has 0 amide bonds. The zero-order valence-corrected chi connectivity index (χ0v) is 13.2. The Morgan fingerprint density at radius 3 is 2.55 bits per heavy atom. The molecule has 0 spiro atoms. The summed E-state index contributed by atoms with van der Waals surface area (Å²) >= 11 is 0. The number of hydrogen-bond donors (Lipinski definition) is 1. The quantitative estimate of drug-likeness (QED) is 0.844. The van der Waals surface area contributed by atoms with Crippen LogP contribution in [0, 0.1) is 5.92 Å². The Balaban J connectivity index is 1.67. The Hall–Kier alpha value is -0.800. The fraction of sp³-hybridized carbons (Fsp3) is 0.765. The third-order valence-electron chi connectivity index (χ3n) is 3.83. The summed E-state index contributed by atoms with van der Waals surface area (Å²) in [5, 5.41) is 3.42. The number of hydrogen-bond acceptors (Lipinski definition) is 3. The van der Waals surface area contributed by atoms with Crippen LogP contribution >= 0.6 is 0 Å². The fourth-order valence-corrected chi connectivity index (χ4v) is 2.63. The predicted molar refractivity (Wildman–Crippen MR) is 81.5 cm³/mol. The van der Waals surface area contributed by atoms with Crippen molar-refractivity contribution in [3.63, 3.8) is 0 Å². The van der Waals surface area contributed by atoms with Gasteiger partial charge in [-0.3, -0.25) is 0 Å². The molecule has 1 aromatic heterocycles. The molecule has 0 atom stereocenters. The maximum atomic E-state index is 5.80. The molecule has 1 heterocycles. The van der Waals surface area contributed by atoms with Gasteiger partial charge in [-0.1, -0.05) is 19.3 Å². The monoisotopic (exact) mass is 279 g/mol. The van der Waals surface area contributed by atoms with Crippen LogP contribution in [0.4, 0.5) is 0 Å². The first-order chi connectivity index (χ1) is 9.53. The van der Waals surface area contributed by atoms with Crippen LogP contribution in [0.15, 0.2) is 16.5 Å². The molecule has 0 radical (unpaired) electrons. The molecule has 1 saturated carbocycles. The Bertz CT molecular complexity index is 386. The van der Waals surface area contributed by atoms with Gasteiger partial charge in [-0.2, -0.15) is 0 Å². The lowest BCUT2D eigenvalue weighted by molar-refractivity contribution is 0.0630. The highest BCUT2D eigenvalue weighted by Gasteiger charge is 2.14. The average Bonchev–Trinajstić information content (AvgIpc) is 2.85. The molecular formula is C17H29NO2. The van der Waals surface area contributed by atoms with Crippen LogP contribution in [0.3, 0.4) is 0 Å². The molecular weight excluding hydrogens is 250 g/mol. The van der Waals surface area contributed by atoms with Crippen LogP contribution in [-0.4, -0.2) is 12.1 Å². The first-order valence-corrected chi connectivity index (χ1v) is 7.93. The zero-order chi connectivity index (χ0) is 14.4. The first kappa shape index (κ1) is 15.6. The van der Waals surface area contributed by atoms with Crippen molar-refractivity contribution in [3.05, 3.63) is 23.7 Å². The van der Waals surface area contributed by atoms with Crippen molar-refractivity contribution in [1.29, 1.82) is 0 Å². The number of nitrogens with one attached hydrogen (secondary N) is 1. The third kappa shape index (κ3) is 5.68. The summed E-state index contributed by atoms with van der Waals surface area (Å²) in [5.74, 6) is 2.68. The van der Waals surface area contributed by atoms with Gasteiger partial charge in [0.05, 0.1) is 6.54 Å². The summed E-state index contributed by atoms with van der Waals surface area (Å²) in [6.07, 6.45) is 6.81. The molecule has 0 saturated heterocycles. The summed E-state index contributed by atoms with van der Waals surface area (Å²) in [6, 6.07) is 4.07. The van der Waals surface area contributed by atoms with E-state index in [1.807, 2.05) is 12.1 Å². The van der Waals surface area contributed by atoms with Gasteiger partial charge in [0, 0.05) is 12.1 Å². The molecule has 1 aliphatic rings. The average molecular weight is 279 g/mol. The van der Waals surface area contributed by atoms with Crippen molar-refractivity contribution in [2.24, 2.45) is 5.92 Å². The molecule has 0 aromatic carbocycles. The van der Waals surface area contributed by atoms with Gasteiger partial charge >= 0.3 is 0 Å². The summed E-state index contributed by atoms with van der Waals surface area (Å²) in [7, 11) is 0. The standard InChI is InChI=1S/C17H29NO2/c1-17(2,3)18-11-15-9-10-16(20-15)13-19-12-14-7-5-4-6-8-14/h9-10,14,18H,4-8,11-13H2,1-3H3. The maximum absolute atomic E-state index is 5.80. The van der Waals surface area contributed by atoms with Crippen LogP contribution in [0.5, 0.6) is 0 Å². The highest BCUT2D eigenvalue weighted by molar-refractivity contribution is 5.06. The minimum absolute atomic E-state index is 0.116. The number of rotatable bonds is 6. The van der Waals surface area contributed by atoms with E-state index in [0.717, 1.165) is 30.6 Å². The van der Waals surface area contributed by atoms with Gasteiger partial charge in [-0.15, -0.1) is 0 Å². The van der Waals surface area contributed by atoms with Crippen LogP contribution in [-0.2, 0) is 17.9 Å². The van der Waals surface area contributed by atoms with Crippen LogP contribution < -0.4 is 5.32 Å². The van der Waals surface area contributed by atoms with Gasteiger partial charge < -0.3 is 14.5 Å². The molecule has 20 heavy (non-hydrogen) atoms. The minimum atomic E-state index is 0.116. The van der Waals surface area contributed by atoms with Gasteiger partial charge in [0.2, 0.25) is 0 Å². The van der Waals surface area contributed by atoms with Gasteiger partial charge in [-0.25, -0.2) is 0 Å². The first-order valence-electron chi connectivity index (χ1n) is 7.93. The predicted octanol–water partition coefficient (Wildman–Crippen LogP) is 4.26. The van der Waals surface area contributed by atoms with E-state index < -0.39 is 0 Å². The zero-order valence-electron chi connectivity index (χ0n) is 13.2. The molecule has 1 N–H and O–H groups in total. The van der Waals surface area contributed by atoms with Crippen molar-refractivity contribution in [1.82, 2.24) is 5.32 Å². The second-order valence-electron chi connectivity index (χ2n) is 6.99. The molecule has 0 aliphatic heterocycles. The molecule has 1 aromatic rings. The smallest absolute Gasteiger partial charge is 0.129 e. The van der Waals surface area contributed by atoms with E-state index in [1.54, 1.807) is 0 Å². The van der Waals surface area contributed by atoms with Crippen molar-refractivity contribution in [3.8, 4) is 0 Å². The third-order valence-corrected chi connectivity index (χ3v) is 3.83. The Kier molecular flexibility index (Phi) is 5.67. The van der Waals surface area contributed by atoms with Crippen molar-refractivity contribution < 1.29 is 9.15 Å². The van der Waals surface area contributed by atoms with E-state index in [0.29, 0.717) is 6.61 Å². The Labute approximate surface area is 123 Å². The van der Waals surface area contributed by atoms with Crippen LogP contribution in [0.25, 0.3) is 0 Å². The Morgan fingerprint density at radius 2 is 1.85 bits per heavy atom. The lowest BCUT2D eigenvalue weighted by Crippen LogP contribution is -2.34. The maximum Gasteiger partial charge on any atom is 0.129 e. The van der Waals surface area contributed by atoms with E-state index in [4.69, 9.17) is 9.15 Å². The molecule has 114 valence electrons. The minimum Gasteiger partial charge on any atom is -0.462 e. The van der Waals surface area contributed by atoms with Gasteiger partial charge in [0.1, 0.15) is 18.1 Å². The van der Waals surface area contributed by atoms with Gasteiger partial charge in [0.15, 0.2) is 0 Å². The number of furan rings is 1. The summed E-state index contributed by atoms with van der Waals surface area (Å²) in [4.78, 5) is 0. The van der Waals surface area contributed by atoms with Gasteiger partial charge in [-0.05, 0) is 51.7 Å². The normalized spacial score (nSPS) is 17.6. The topological polar surface area (TPSA) is 34.4 Å². The van der Waals surface area contributed by atoms with E-state index in [-0.39, 0.29) is 5.54 Å². The lowest BCUT2D eigenvalue weighted by Gasteiger charge is -2.21. The summed E-state index contributed by atoms with van der Waals surface area (Å²) in [5.41, 5.74) is 0.116. The van der Waals surface area contributed by atoms with Crippen LogP contribution in [0.2, 0.25) is 0 Å². The highest BCUT2D eigenvalue weighted by atomic mass is 16.5. The van der Waals surface area contributed by atoms with Crippen LogP contribution in [0.1, 0.15) is 64.4 Å². The summed E-state index contributed by atoms with van der Waals surface area (Å²) in [6.45, 7) is 8.73. The van der Waals surface area contributed by atoms with Gasteiger partial charge in [0.25, 0.3) is 0 Å². The molecule has 1 aliphatic carbocycles. The molecule has 3 heteroatoms. The second-order valence-corrected chi connectivity index (χ2v) is 6.99. The molecule has 0 bridgehead atoms. The van der Waals surface area contributed by atoms with E-state index in [9.17, 15) is 0 Å². The van der Waals surface area contributed by atoms with Crippen molar-refractivity contribution in [2.45, 2.75) is 71.6 Å². The molecule has 0 unspecified atom stereocenters. The Morgan fingerprint density at radius 1 is 1.15 bits per heavy atom. The second kappa shape index (κ2) is 7.28. The number of ether oxygens (including phenoxy) is 1. The molecule has 2 rings (SSSR count). The molecule has 3 nitrogen and oxygen atoms in total.